The maximum absolute atomic E-state index is 12.4. The second kappa shape index (κ2) is 7.61. The third-order valence-corrected chi connectivity index (χ3v) is 3.31. The molecule has 0 saturated carbocycles. The molecule has 0 spiro atoms. The Kier molecular flexibility index (Phi) is 5.55. The molecule has 0 atom stereocenters. The number of rotatable bonds is 7. The number of amides is 1. The molecule has 2 rings (SSSR count). The van der Waals surface area contributed by atoms with Crippen molar-refractivity contribution in [3.63, 3.8) is 0 Å². The zero-order chi connectivity index (χ0) is 15.9. The van der Waals surface area contributed by atoms with Crippen LogP contribution in [0.3, 0.4) is 0 Å². The molecule has 118 valence electrons. The fourth-order valence-electron chi connectivity index (χ4n) is 2.22. The lowest BCUT2D eigenvalue weighted by atomic mass is 10.1. The van der Waals surface area contributed by atoms with E-state index in [2.05, 4.69) is 5.32 Å². The van der Waals surface area contributed by atoms with Gasteiger partial charge in [-0.05, 0) is 36.6 Å². The molecule has 0 bridgehead atoms. The van der Waals surface area contributed by atoms with E-state index in [1.165, 1.54) is 0 Å². The predicted octanol–water partition coefficient (Wildman–Crippen LogP) is 0.865. The Hall–Kier alpha value is -2.34. The number of carbonyl (C=O) groups is 1. The standard InChI is InChI=1S/C16H21N3O3/c1-2-22-13-3-4-14-12(11-13)5-9-19(16(14)21)10-6-15(20)18-8-7-17/h3-5,9,11H,2,6-8,10,17H2,1H3,(H,18,20). The highest BCUT2D eigenvalue weighted by molar-refractivity contribution is 5.83. The van der Waals surface area contributed by atoms with Gasteiger partial charge >= 0.3 is 0 Å². The summed E-state index contributed by atoms with van der Waals surface area (Å²) >= 11 is 0. The van der Waals surface area contributed by atoms with Gasteiger partial charge < -0.3 is 20.4 Å². The van der Waals surface area contributed by atoms with E-state index in [1.54, 1.807) is 22.9 Å². The summed E-state index contributed by atoms with van der Waals surface area (Å²) in [6, 6.07) is 7.24. The van der Waals surface area contributed by atoms with Crippen LogP contribution in [0.15, 0.2) is 35.3 Å². The molecule has 1 aromatic carbocycles. The molecule has 22 heavy (non-hydrogen) atoms. The van der Waals surface area contributed by atoms with Gasteiger partial charge in [0, 0.05) is 37.6 Å². The lowest BCUT2D eigenvalue weighted by molar-refractivity contribution is -0.121. The van der Waals surface area contributed by atoms with Crippen LogP contribution in [-0.4, -0.2) is 30.2 Å². The van der Waals surface area contributed by atoms with Gasteiger partial charge in [0.15, 0.2) is 0 Å². The van der Waals surface area contributed by atoms with Crippen LogP contribution in [0.5, 0.6) is 5.75 Å². The molecule has 0 aliphatic carbocycles. The molecule has 6 nitrogen and oxygen atoms in total. The predicted molar refractivity (Wildman–Crippen MR) is 86.1 cm³/mol. The summed E-state index contributed by atoms with van der Waals surface area (Å²) in [5.74, 6) is 0.637. The van der Waals surface area contributed by atoms with E-state index in [0.717, 1.165) is 11.1 Å². The highest BCUT2D eigenvalue weighted by Crippen LogP contribution is 2.18. The van der Waals surface area contributed by atoms with E-state index in [0.29, 0.717) is 31.6 Å². The second-order valence-electron chi connectivity index (χ2n) is 4.88. The summed E-state index contributed by atoms with van der Waals surface area (Å²) in [6.45, 7) is 3.70. The lowest BCUT2D eigenvalue weighted by Crippen LogP contribution is -2.30. The zero-order valence-corrected chi connectivity index (χ0v) is 12.7. The summed E-state index contributed by atoms with van der Waals surface area (Å²) in [5, 5.41) is 4.14. The fourth-order valence-corrected chi connectivity index (χ4v) is 2.22. The number of hydrogen-bond acceptors (Lipinski definition) is 4. The number of aryl methyl sites for hydroxylation is 1. The molecule has 1 amide bonds. The molecule has 0 unspecified atom stereocenters. The summed E-state index contributed by atoms with van der Waals surface area (Å²) in [4.78, 5) is 24.0. The van der Waals surface area contributed by atoms with Crippen molar-refractivity contribution < 1.29 is 9.53 Å². The van der Waals surface area contributed by atoms with Crippen LogP contribution in [0.4, 0.5) is 0 Å². The van der Waals surface area contributed by atoms with Gasteiger partial charge in [0.1, 0.15) is 5.75 Å². The average Bonchev–Trinajstić information content (AvgIpc) is 2.52. The smallest absolute Gasteiger partial charge is 0.258 e. The summed E-state index contributed by atoms with van der Waals surface area (Å²) in [6.07, 6.45) is 1.96. The maximum atomic E-state index is 12.4. The number of nitrogens with two attached hydrogens (primary N) is 1. The van der Waals surface area contributed by atoms with Crippen molar-refractivity contribution in [1.82, 2.24) is 9.88 Å². The van der Waals surface area contributed by atoms with E-state index in [9.17, 15) is 9.59 Å². The number of ether oxygens (including phenoxy) is 1. The Labute approximate surface area is 128 Å². The van der Waals surface area contributed by atoms with Gasteiger partial charge in [-0.15, -0.1) is 0 Å². The number of benzene rings is 1. The summed E-state index contributed by atoms with van der Waals surface area (Å²) < 4.78 is 6.97. The largest absolute Gasteiger partial charge is 0.494 e. The Morgan fingerprint density at radius 1 is 1.36 bits per heavy atom. The normalized spacial score (nSPS) is 10.6. The van der Waals surface area contributed by atoms with E-state index in [1.807, 2.05) is 19.1 Å². The molecule has 0 aliphatic heterocycles. The van der Waals surface area contributed by atoms with Crippen molar-refractivity contribution in [3.8, 4) is 5.75 Å². The van der Waals surface area contributed by atoms with Crippen molar-refractivity contribution in [2.24, 2.45) is 5.73 Å². The second-order valence-corrected chi connectivity index (χ2v) is 4.88. The molecule has 0 saturated heterocycles. The van der Waals surface area contributed by atoms with Crippen LogP contribution >= 0.6 is 0 Å². The quantitative estimate of drug-likeness (QED) is 0.794. The SMILES string of the molecule is CCOc1ccc2c(=O)n(CCC(=O)NCCN)ccc2c1. The van der Waals surface area contributed by atoms with Crippen LogP contribution in [0.25, 0.3) is 10.8 Å². The van der Waals surface area contributed by atoms with Gasteiger partial charge in [-0.3, -0.25) is 9.59 Å². The third kappa shape index (κ3) is 3.85. The van der Waals surface area contributed by atoms with Crippen LogP contribution in [-0.2, 0) is 11.3 Å². The Morgan fingerprint density at radius 3 is 2.91 bits per heavy atom. The molecular formula is C16H21N3O3. The molecule has 1 heterocycles. The highest BCUT2D eigenvalue weighted by atomic mass is 16.5. The molecule has 6 heteroatoms. The molecule has 2 aromatic rings. The monoisotopic (exact) mass is 303 g/mol. The molecule has 1 aromatic heterocycles. The minimum absolute atomic E-state index is 0.104. The van der Waals surface area contributed by atoms with E-state index in [4.69, 9.17) is 10.5 Å². The van der Waals surface area contributed by atoms with Gasteiger partial charge in [-0.1, -0.05) is 0 Å². The van der Waals surface area contributed by atoms with Gasteiger partial charge in [0.2, 0.25) is 5.91 Å². The van der Waals surface area contributed by atoms with Gasteiger partial charge in [-0.25, -0.2) is 0 Å². The summed E-state index contributed by atoms with van der Waals surface area (Å²) in [5.41, 5.74) is 5.22. The third-order valence-electron chi connectivity index (χ3n) is 3.31. The van der Waals surface area contributed by atoms with Gasteiger partial charge in [-0.2, -0.15) is 0 Å². The van der Waals surface area contributed by atoms with Crippen molar-refractivity contribution in [3.05, 3.63) is 40.8 Å². The number of carbonyl (C=O) groups excluding carboxylic acids is 1. The zero-order valence-electron chi connectivity index (χ0n) is 12.7. The number of nitrogens with zero attached hydrogens (tertiary/aromatic N) is 1. The van der Waals surface area contributed by atoms with E-state index < -0.39 is 0 Å². The number of fused-ring (bicyclic) bond motifs is 1. The van der Waals surface area contributed by atoms with Crippen molar-refractivity contribution in [2.45, 2.75) is 19.9 Å². The van der Waals surface area contributed by atoms with Crippen molar-refractivity contribution >= 4 is 16.7 Å². The molecule has 0 fully saturated rings. The lowest BCUT2D eigenvalue weighted by Gasteiger charge is -2.09. The van der Waals surface area contributed by atoms with Gasteiger partial charge in [0.05, 0.1) is 6.61 Å². The Balaban J connectivity index is 2.15. The maximum Gasteiger partial charge on any atom is 0.258 e. The van der Waals surface area contributed by atoms with Crippen LogP contribution in [0.1, 0.15) is 13.3 Å². The fraction of sp³-hybridized carbons (Fsp3) is 0.375. The Morgan fingerprint density at radius 2 is 2.18 bits per heavy atom. The molecular weight excluding hydrogens is 282 g/mol. The topological polar surface area (TPSA) is 86.3 Å². The first kappa shape index (κ1) is 16.0. The minimum atomic E-state index is -0.107. The number of aromatic nitrogens is 1. The first-order valence-electron chi connectivity index (χ1n) is 7.38. The van der Waals surface area contributed by atoms with Crippen LogP contribution in [0.2, 0.25) is 0 Å². The van der Waals surface area contributed by atoms with Crippen molar-refractivity contribution in [2.75, 3.05) is 19.7 Å². The number of hydrogen-bond donors (Lipinski definition) is 2. The highest BCUT2D eigenvalue weighted by Gasteiger charge is 2.06. The van der Waals surface area contributed by atoms with Gasteiger partial charge in [0.25, 0.3) is 5.56 Å². The first-order valence-corrected chi connectivity index (χ1v) is 7.38. The average molecular weight is 303 g/mol. The minimum Gasteiger partial charge on any atom is -0.494 e. The summed E-state index contributed by atoms with van der Waals surface area (Å²) in [7, 11) is 0. The number of nitrogens with one attached hydrogen (secondary N) is 1. The van der Waals surface area contributed by atoms with Crippen LogP contribution < -0.4 is 21.3 Å². The Bertz CT molecular complexity index is 709. The first-order chi connectivity index (χ1) is 10.7. The number of pyridine rings is 1. The van der Waals surface area contributed by atoms with Crippen molar-refractivity contribution in [1.29, 1.82) is 0 Å². The molecule has 0 aliphatic rings. The molecule has 0 radical (unpaired) electrons. The van der Waals surface area contributed by atoms with E-state index >= 15 is 0 Å². The van der Waals surface area contributed by atoms with E-state index in [-0.39, 0.29) is 17.9 Å². The molecule has 3 N–H and O–H groups in total. The van der Waals surface area contributed by atoms with Crippen LogP contribution in [0, 0.1) is 0 Å².